The Morgan fingerprint density at radius 2 is 2.04 bits per heavy atom. The largest absolute Gasteiger partial charge is 0.378 e. The summed E-state index contributed by atoms with van der Waals surface area (Å²) in [6, 6.07) is 14.7. The molecule has 0 heterocycles. The van der Waals surface area contributed by atoms with E-state index in [-0.39, 0.29) is 11.9 Å². The van der Waals surface area contributed by atoms with Crippen LogP contribution in [0.25, 0.3) is 0 Å². The Kier molecular flexibility index (Phi) is 5.66. The average Bonchev–Trinajstić information content (AvgIpc) is 2.61. The Morgan fingerprint density at radius 1 is 1.27 bits per heavy atom. The van der Waals surface area contributed by atoms with E-state index in [9.17, 15) is 9.90 Å². The van der Waals surface area contributed by atoms with Gasteiger partial charge in [-0.05, 0) is 56.5 Å². The first-order chi connectivity index (χ1) is 12.4. The molecule has 1 aliphatic rings. The van der Waals surface area contributed by atoms with Crippen molar-refractivity contribution in [1.29, 1.82) is 0 Å². The maximum atomic E-state index is 12.4. The van der Waals surface area contributed by atoms with Gasteiger partial charge in [0, 0.05) is 28.6 Å². The number of aliphatic hydroxyl groups is 1. The van der Waals surface area contributed by atoms with Gasteiger partial charge >= 0.3 is 0 Å². The summed E-state index contributed by atoms with van der Waals surface area (Å²) in [5.41, 5.74) is 1.43. The normalized spacial score (nSPS) is 22.2. The highest BCUT2D eigenvalue weighted by atomic mass is 35.5. The van der Waals surface area contributed by atoms with Crippen molar-refractivity contribution in [2.45, 2.75) is 44.2 Å². The molecule has 134 valence electrons. The molecule has 1 amide bonds. The molecule has 1 unspecified atom stereocenters. The molecule has 26 heavy (non-hydrogen) atoms. The van der Waals surface area contributed by atoms with Gasteiger partial charge in [0.1, 0.15) is 5.60 Å². The van der Waals surface area contributed by atoms with Gasteiger partial charge in [-0.2, -0.15) is 0 Å². The summed E-state index contributed by atoms with van der Waals surface area (Å²) in [5, 5.41) is 14.5. The van der Waals surface area contributed by atoms with E-state index in [1.165, 1.54) is 0 Å². The molecule has 1 saturated carbocycles. The van der Waals surface area contributed by atoms with Gasteiger partial charge in [-0.3, -0.25) is 4.79 Å². The number of carbonyl (C=O) groups is 1. The topological polar surface area (TPSA) is 49.3 Å². The highest BCUT2D eigenvalue weighted by Crippen LogP contribution is 2.28. The molecule has 2 N–H and O–H groups in total. The summed E-state index contributed by atoms with van der Waals surface area (Å²) in [6.45, 7) is 1.99. The van der Waals surface area contributed by atoms with Gasteiger partial charge in [0.2, 0.25) is 0 Å². The van der Waals surface area contributed by atoms with Crippen LogP contribution in [0.1, 0.15) is 47.2 Å². The van der Waals surface area contributed by atoms with Crippen molar-refractivity contribution in [1.82, 2.24) is 5.32 Å². The second-order valence-electron chi connectivity index (χ2n) is 6.92. The van der Waals surface area contributed by atoms with Crippen LogP contribution in [0.3, 0.4) is 0 Å². The maximum Gasteiger partial charge on any atom is 0.251 e. The number of amides is 1. The monoisotopic (exact) mass is 367 g/mol. The minimum absolute atomic E-state index is 0.0868. The second-order valence-corrected chi connectivity index (χ2v) is 7.36. The Labute approximate surface area is 159 Å². The third-order valence-corrected chi connectivity index (χ3v) is 4.88. The number of carbonyl (C=O) groups excluding carboxylic acids is 1. The van der Waals surface area contributed by atoms with Crippen LogP contribution < -0.4 is 5.32 Å². The van der Waals surface area contributed by atoms with Crippen LogP contribution in [-0.4, -0.2) is 22.7 Å². The molecule has 0 spiro atoms. The molecule has 0 aliphatic heterocycles. The summed E-state index contributed by atoms with van der Waals surface area (Å²) >= 11 is 5.97. The van der Waals surface area contributed by atoms with Gasteiger partial charge in [0.25, 0.3) is 5.91 Å². The first-order valence-corrected chi connectivity index (χ1v) is 9.20. The number of hydrogen-bond acceptors (Lipinski definition) is 2. The van der Waals surface area contributed by atoms with Crippen molar-refractivity contribution in [3.05, 3.63) is 70.2 Å². The maximum absolute atomic E-state index is 12.4. The highest BCUT2D eigenvalue weighted by Gasteiger charge is 2.33. The lowest BCUT2D eigenvalue weighted by Crippen LogP contribution is -2.45. The van der Waals surface area contributed by atoms with E-state index in [1.54, 1.807) is 12.1 Å². The van der Waals surface area contributed by atoms with Gasteiger partial charge in [-0.15, -0.1) is 0 Å². The molecule has 1 fully saturated rings. The van der Waals surface area contributed by atoms with Crippen molar-refractivity contribution in [3.63, 3.8) is 0 Å². The van der Waals surface area contributed by atoms with E-state index in [1.807, 2.05) is 43.3 Å². The Bertz CT molecular complexity index is 850. The van der Waals surface area contributed by atoms with Crippen LogP contribution in [-0.2, 0) is 0 Å². The molecule has 0 aromatic heterocycles. The molecule has 0 bridgehead atoms. The van der Waals surface area contributed by atoms with E-state index in [4.69, 9.17) is 11.6 Å². The molecule has 2 atom stereocenters. The van der Waals surface area contributed by atoms with Crippen LogP contribution in [0.4, 0.5) is 0 Å². The molecular weight excluding hydrogens is 346 g/mol. The Hall–Kier alpha value is -2.28. The molecule has 3 nitrogen and oxygen atoms in total. The Balaban J connectivity index is 1.66. The Morgan fingerprint density at radius 3 is 2.77 bits per heavy atom. The van der Waals surface area contributed by atoms with Crippen molar-refractivity contribution in [3.8, 4) is 11.8 Å². The fraction of sp³-hybridized carbons (Fsp3) is 0.318. The first kappa shape index (κ1) is 18.5. The quantitative estimate of drug-likeness (QED) is 0.785. The van der Waals surface area contributed by atoms with Gasteiger partial charge < -0.3 is 10.4 Å². The average molecular weight is 368 g/mol. The van der Waals surface area contributed by atoms with Crippen molar-refractivity contribution < 1.29 is 9.90 Å². The molecular formula is C22H22ClNO2. The zero-order valence-electron chi connectivity index (χ0n) is 14.8. The number of benzene rings is 2. The van der Waals surface area contributed by atoms with Crippen LogP contribution in [0, 0.1) is 18.8 Å². The predicted molar refractivity (Wildman–Crippen MR) is 104 cm³/mol. The van der Waals surface area contributed by atoms with Gasteiger partial charge in [0.05, 0.1) is 0 Å². The number of nitrogens with one attached hydrogen (secondary N) is 1. The van der Waals surface area contributed by atoms with Crippen molar-refractivity contribution in [2.24, 2.45) is 0 Å². The molecule has 3 rings (SSSR count). The lowest BCUT2D eigenvalue weighted by molar-refractivity contribution is 0.0452. The zero-order valence-corrected chi connectivity index (χ0v) is 15.5. The van der Waals surface area contributed by atoms with E-state index < -0.39 is 5.60 Å². The minimum Gasteiger partial charge on any atom is -0.378 e. The summed E-state index contributed by atoms with van der Waals surface area (Å²) in [4.78, 5) is 12.4. The summed E-state index contributed by atoms with van der Waals surface area (Å²) in [7, 11) is 0. The molecule has 1 aliphatic carbocycles. The number of rotatable bonds is 2. The molecule has 4 heteroatoms. The molecule has 0 radical (unpaired) electrons. The number of halogens is 1. The summed E-state index contributed by atoms with van der Waals surface area (Å²) in [5.74, 6) is 5.89. The van der Waals surface area contributed by atoms with Crippen LogP contribution in [0.15, 0.2) is 48.5 Å². The van der Waals surface area contributed by atoms with Crippen LogP contribution in [0.2, 0.25) is 5.02 Å². The first-order valence-electron chi connectivity index (χ1n) is 8.82. The van der Waals surface area contributed by atoms with Crippen molar-refractivity contribution in [2.75, 3.05) is 0 Å². The zero-order chi connectivity index (χ0) is 18.6. The third-order valence-electron chi connectivity index (χ3n) is 4.64. The highest BCUT2D eigenvalue weighted by molar-refractivity contribution is 6.30. The smallest absolute Gasteiger partial charge is 0.251 e. The lowest BCUT2D eigenvalue weighted by Gasteiger charge is -2.33. The van der Waals surface area contributed by atoms with Gasteiger partial charge in [-0.25, -0.2) is 0 Å². The number of hydrogen-bond donors (Lipinski definition) is 2. The predicted octanol–water partition coefficient (Wildman–Crippen LogP) is 4.10. The fourth-order valence-electron chi connectivity index (χ4n) is 3.22. The van der Waals surface area contributed by atoms with Crippen LogP contribution >= 0.6 is 11.6 Å². The van der Waals surface area contributed by atoms with E-state index in [0.29, 0.717) is 23.4 Å². The standard InChI is InChI=1S/C22H22ClNO2/c1-16-7-9-18(10-8-16)21(25)24-20-6-3-12-22(26,15-20)13-11-17-4-2-5-19(23)14-17/h2,4-5,7-10,14,20,26H,3,6,12,15H2,1H3,(H,24,25)/t20-,22?/m0/s1. The lowest BCUT2D eigenvalue weighted by atomic mass is 9.82. The SMILES string of the molecule is Cc1ccc(C(=O)N[C@H]2CCCC(O)(C#Cc3cccc(Cl)c3)C2)cc1. The summed E-state index contributed by atoms with van der Waals surface area (Å²) < 4.78 is 0. The summed E-state index contributed by atoms with van der Waals surface area (Å²) in [6.07, 6.45) is 2.70. The van der Waals surface area contributed by atoms with Crippen molar-refractivity contribution >= 4 is 17.5 Å². The fourth-order valence-corrected chi connectivity index (χ4v) is 3.41. The molecule has 2 aromatic carbocycles. The molecule has 2 aromatic rings. The minimum atomic E-state index is -1.09. The molecule has 0 saturated heterocycles. The van der Waals surface area contributed by atoms with E-state index in [2.05, 4.69) is 17.2 Å². The third kappa shape index (κ3) is 4.88. The van der Waals surface area contributed by atoms with Gasteiger partial charge in [0.15, 0.2) is 0 Å². The van der Waals surface area contributed by atoms with E-state index >= 15 is 0 Å². The van der Waals surface area contributed by atoms with Crippen LogP contribution in [0.5, 0.6) is 0 Å². The van der Waals surface area contributed by atoms with Gasteiger partial charge in [-0.1, -0.05) is 47.2 Å². The second kappa shape index (κ2) is 7.95. The van der Waals surface area contributed by atoms with E-state index in [0.717, 1.165) is 24.0 Å². The number of aryl methyl sites for hydroxylation is 1.